The summed E-state index contributed by atoms with van der Waals surface area (Å²) in [5.74, 6) is 1.17. The quantitative estimate of drug-likeness (QED) is 0.678. The van der Waals surface area contributed by atoms with E-state index in [2.05, 4.69) is 60.9 Å². The second-order valence-electron chi connectivity index (χ2n) is 4.70. The number of fused-ring (bicyclic) bond motifs is 1. The average Bonchev–Trinajstić information content (AvgIpc) is 2.84. The molecule has 1 aromatic heterocycles. The lowest BCUT2D eigenvalue weighted by Crippen LogP contribution is -1.99. The number of hydrogen-bond donors (Lipinski definition) is 0. The molecule has 0 fully saturated rings. The minimum atomic E-state index is 0.975. The van der Waals surface area contributed by atoms with Crippen molar-refractivity contribution >= 4 is 11.0 Å². The van der Waals surface area contributed by atoms with Crippen LogP contribution in [0.5, 0.6) is 0 Å². The van der Waals surface area contributed by atoms with Crippen LogP contribution in [-0.2, 0) is 13.0 Å². The molecule has 2 heteroatoms. The van der Waals surface area contributed by atoms with Crippen LogP contribution in [0.1, 0.15) is 19.7 Å². The predicted octanol–water partition coefficient (Wildman–Crippen LogP) is 4.29. The Hall–Kier alpha value is -2.09. The molecule has 3 aromatic rings. The minimum Gasteiger partial charge on any atom is -0.328 e. The molecule has 2 aromatic carbocycles. The third-order valence-electron chi connectivity index (χ3n) is 3.57. The van der Waals surface area contributed by atoms with Gasteiger partial charge < -0.3 is 4.57 Å². The van der Waals surface area contributed by atoms with Gasteiger partial charge in [0, 0.05) is 13.0 Å². The SMILES string of the molecule is CCc1nc2cc(-c3ccccc3)ccc2n1CC. The van der Waals surface area contributed by atoms with Gasteiger partial charge in [0.15, 0.2) is 0 Å². The Morgan fingerprint density at radius 1 is 0.947 bits per heavy atom. The lowest BCUT2D eigenvalue weighted by Gasteiger charge is -2.04. The van der Waals surface area contributed by atoms with Gasteiger partial charge in [0.05, 0.1) is 11.0 Å². The molecular formula is C17H18N2. The van der Waals surface area contributed by atoms with Crippen LogP contribution >= 0.6 is 0 Å². The van der Waals surface area contributed by atoms with Crippen molar-refractivity contribution in [2.45, 2.75) is 26.8 Å². The lowest BCUT2D eigenvalue weighted by molar-refractivity contribution is 0.726. The second kappa shape index (κ2) is 4.88. The molecule has 0 aliphatic heterocycles. The maximum Gasteiger partial charge on any atom is 0.109 e. The summed E-state index contributed by atoms with van der Waals surface area (Å²) in [4.78, 5) is 4.75. The largest absolute Gasteiger partial charge is 0.328 e. The highest BCUT2D eigenvalue weighted by atomic mass is 15.1. The fourth-order valence-electron chi connectivity index (χ4n) is 2.61. The van der Waals surface area contributed by atoms with Gasteiger partial charge in [0.25, 0.3) is 0 Å². The highest BCUT2D eigenvalue weighted by Gasteiger charge is 2.08. The number of rotatable bonds is 3. The summed E-state index contributed by atoms with van der Waals surface area (Å²) in [7, 11) is 0. The smallest absolute Gasteiger partial charge is 0.109 e. The van der Waals surface area contributed by atoms with Crippen LogP contribution in [-0.4, -0.2) is 9.55 Å². The van der Waals surface area contributed by atoms with Crippen LogP contribution in [0.2, 0.25) is 0 Å². The molecule has 0 bridgehead atoms. The fraction of sp³-hybridized carbons (Fsp3) is 0.235. The van der Waals surface area contributed by atoms with Crippen molar-refractivity contribution in [2.75, 3.05) is 0 Å². The van der Waals surface area contributed by atoms with Gasteiger partial charge in [-0.1, -0.05) is 43.3 Å². The zero-order chi connectivity index (χ0) is 13.2. The van der Waals surface area contributed by atoms with E-state index in [0.717, 1.165) is 18.5 Å². The van der Waals surface area contributed by atoms with Crippen molar-refractivity contribution in [3.63, 3.8) is 0 Å². The van der Waals surface area contributed by atoms with Crippen LogP contribution in [0.3, 0.4) is 0 Å². The van der Waals surface area contributed by atoms with E-state index in [4.69, 9.17) is 4.98 Å². The number of aromatic nitrogens is 2. The molecule has 2 nitrogen and oxygen atoms in total. The van der Waals surface area contributed by atoms with Crippen molar-refractivity contribution in [1.29, 1.82) is 0 Å². The van der Waals surface area contributed by atoms with Crippen LogP contribution in [0.25, 0.3) is 22.2 Å². The molecule has 96 valence electrons. The number of imidazole rings is 1. The molecular weight excluding hydrogens is 232 g/mol. The van der Waals surface area contributed by atoms with E-state index in [1.807, 2.05) is 6.07 Å². The van der Waals surface area contributed by atoms with E-state index in [1.54, 1.807) is 0 Å². The summed E-state index contributed by atoms with van der Waals surface area (Å²) in [5.41, 5.74) is 4.81. The van der Waals surface area contributed by atoms with E-state index in [0.29, 0.717) is 0 Å². The van der Waals surface area contributed by atoms with Crippen molar-refractivity contribution < 1.29 is 0 Å². The van der Waals surface area contributed by atoms with Crippen LogP contribution in [0.15, 0.2) is 48.5 Å². The van der Waals surface area contributed by atoms with E-state index < -0.39 is 0 Å². The van der Waals surface area contributed by atoms with E-state index in [-0.39, 0.29) is 0 Å². The third-order valence-corrected chi connectivity index (χ3v) is 3.57. The Bertz CT molecular complexity index is 696. The van der Waals surface area contributed by atoms with E-state index in [9.17, 15) is 0 Å². The maximum atomic E-state index is 4.75. The molecule has 19 heavy (non-hydrogen) atoms. The monoisotopic (exact) mass is 250 g/mol. The first kappa shape index (κ1) is 12.0. The Labute approximate surface area is 113 Å². The zero-order valence-electron chi connectivity index (χ0n) is 11.4. The van der Waals surface area contributed by atoms with Gasteiger partial charge in [-0.2, -0.15) is 0 Å². The molecule has 0 spiro atoms. The van der Waals surface area contributed by atoms with Gasteiger partial charge in [-0.25, -0.2) is 4.98 Å². The first-order valence-electron chi connectivity index (χ1n) is 6.88. The van der Waals surface area contributed by atoms with Gasteiger partial charge in [-0.15, -0.1) is 0 Å². The molecule has 0 radical (unpaired) electrons. The maximum absolute atomic E-state index is 4.75. The minimum absolute atomic E-state index is 0.975. The number of nitrogens with zero attached hydrogens (tertiary/aromatic N) is 2. The van der Waals surface area contributed by atoms with Crippen molar-refractivity contribution in [2.24, 2.45) is 0 Å². The van der Waals surface area contributed by atoms with Crippen molar-refractivity contribution in [3.05, 3.63) is 54.4 Å². The molecule has 0 unspecified atom stereocenters. The molecule has 0 N–H and O–H groups in total. The van der Waals surface area contributed by atoms with Crippen molar-refractivity contribution in [1.82, 2.24) is 9.55 Å². The molecule has 0 saturated heterocycles. The van der Waals surface area contributed by atoms with E-state index in [1.165, 1.54) is 22.5 Å². The zero-order valence-corrected chi connectivity index (χ0v) is 11.4. The molecule has 0 aliphatic rings. The second-order valence-corrected chi connectivity index (χ2v) is 4.70. The van der Waals surface area contributed by atoms with Gasteiger partial charge in [0.1, 0.15) is 5.82 Å². The number of benzene rings is 2. The van der Waals surface area contributed by atoms with Gasteiger partial charge in [-0.05, 0) is 30.2 Å². The number of hydrogen-bond acceptors (Lipinski definition) is 1. The number of aryl methyl sites for hydroxylation is 2. The molecule has 1 heterocycles. The van der Waals surface area contributed by atoms with Gasteiger partial charge >= 0.3 is 0 Å². The summed E-state index contributed by atoms with van der Waals surface area (Å²) in [6.45, 7) is 5.31. The first-order chi connectivity index (χ1) is 9.33. The molecule has 0 amide bonds. The first-order valence-corrected chi connectivity index (χ1v) is 6.88. The van der Waals surface area contributed by atoms with Gasteiger partial charge in [-0.3, -0.25) is 0 Å². The summed E-state index contributed by atoms with van der Waals surface area (Å²) in [6.07, 6.45) is 0.975. The fourth-order valence-corrected chi connectivity index (χ4v) is 2.61. The summed E-state index contributed by atoms with van der Waals surface area (Å²) >= 11 is 0. The van der Waals surface area contributed by atoms with E-state index >= 15 is 0 Å². The third kappa shape index (κ3) is 2.03. The Balaban J connectivity index is 2.17. The molecule has 0 aliphatic carbocycles. The molecule has 0 saturated carbocycles. The summed E-state index contributed by atoms with van der Waals surface area (Å²) in [5, 5.41) is 0. The lowest BCUT2D eigenvalue weighted by atomic mass is 10.1. The standard InChI is InChI=1S/C17H18N2/c1-3-17-18-15-12-14(13-8-6-5-7-9-13)10-11-16(15)19(17)4-2/h5-12H,3-4H2,1-2H3. The Morgan fingerprint density at radius 3 is 2.42 bits per heavy atom. The molecule has 3 rings (SSSR count). The molecule has 0 atom stereocenters. The Kier molecular flexibility index (Phi) is 3.08. The topological polar surface area (TPSA) is 17.8 Å². The average molecular weight is 250 g/mol. The van der Waals surface area contributed by atoms with Gasteiger partial charge in [0.2, 0.25) is 0 Å². The normalized spacial score (nSPS) is 11.1. The predicted molar refractivity (Wildman–Crippen MR) is 80.2 cm³/mol. The van der Waals surface area contributed by atoms with Crippen LogP contribution in [0.4, 0.5) is 0 Å². The highest BCUT2D eigenvalue weighted by molar-refractivity contribution is 5.82. The highest BCUT2D eigenvalue weighted by Crippen LogP contribution is 2.25. The van der Waals surface area contributed by atoms with Crippen molar-refractivity contribution in [3.8, 4) is 11.1 Å². The van der Waals surface area contributed by atoms with Crippen LogP contribution in [0, 0.1) is 0 Å². The van der Waals surface area contributed by atoms with Crippen LogP contribution < -0.4 is 0 Å². The summed E-state index contributed by atoms with van der Waals surface area (Å²) in [6, 6.07) is 17.0. The summed E-state index contributed by atoms with van der Waals surface area (Å²) < 4.78 is 2.30. The Morgan fingerprint density at radius 2 is 1.74 bits per heavy atom.